The number of nitrogens with one attached hydrogen (secondary N) is 1. The second-order valence-corrected chi connectivity index (χ2v) is 7.41. The van der Waals surface area contributed by atoms with Crippen LogP contribution in [0.1, 0.15) is 30.3 Å². The number of aryl methyl sites for hydroxylation is 1. The standard InChI is InChI=1S/C21H19ClN4O3/c1-3-21(15-8-10-16(22)11-9-15)19(27)26(20(28)24-21)12-17-23-18(29-25-17)14-6-4-13(2)5-7-14/h4-11H,3,12H2,1-2H3,(H,24,28)/t21-/m0/s1. The van der Waals surface area contributed by atoms with Gasteiger partial charge in [-0.1, -0.05) is 53.5 Å². The molecule has 2 aromatic carbocycles. The summed E-state index contributed by atoms with van der Waals surface area (Å²) in [6.45, 7) is 3.76. The van der Waals surface area contributed by atoms with Crippen molar-refractivity contribution in [2.45, 2.75) is 32.4 Å². The van der Waals surface area contributed by atoms with Crippen LogP contribution in [0.25, 0.3) is 11.5 Å². The summed E-state index contributed by atoms with van der Waals surface area (Å²) >= 11 is 5.96. The monoisotopic (exact) mass is 410 g/mol. The van der Waals surface area contributed by atoms with Gasteiger partial charge in [-0.3, -0.25) is 9.69 Å². The molecule has 1 aliphatic rings. The number of urea groups is 1. The summed E-state index contributed by atoms with van der Waals surface area (Å²) in [7, 11) is 0. The van der Waals surface area contributed by atoms with E-state index < -0.39 is 11.6 Å². The molecule has 0 bridgehead atoms. The van der Waals surface area contributed by atoms with Crippen LogP contribution < -0.4 is 5.32 Å². The van der Waals surface area contributed by atoms with Gasteiger partial charge in [-0.25, -0.2) is 4.79 Å². The van der Waals surface area contributed by atoms with E-state index >= 15 is 0 Å². The van der Waals surface area contributed by atoms with Gasteiger partial charge in [-0.15, -0.1) is 0 Å². The molecule has 0 saturated carbocycles. The predicted molar refractivity (Wildman–Crippen MR) is 107 cm³/mol. The molecular weight excluding hydrogens is 392 g/mol. The number of imide groups is 1. The zero-order valence-electron chi connectivity index (χ0n) is 16.0. The van der Waals surface area contributed by atoms with Crippen molar-refractivity contribution >= 4 is 23.5 Å². The third-order valence-corrected chi connectivity index (χ3v) is 5.36. The minimum Gasteiger partial charge on any atom is -0.334 e. The quantitative estimate of drug-likeness (QED) is 0.641. The summed E-state index contributed by atoms with van der Waals surface area (Å²) in [5.74, 6) is 0.243. The van der Waals surface area contributed by atoms with E-state index in [2.05, 4.69) is 15.5 Å². The fourth-order valence-corrected chi connectivity index (χ4v) is 3.54. The van der Waals surface area contributed by atoms with Crippen molar-refractivity contribution in [1.82, 2.24) is 20.4 Å². The molecule has 1 aliphatic heterocycles. The summed E-state index contributed by atoms with van der Waals surface area (Å²) < 4.78 is 5.30. The molecular formula is C21H19ClN4O3. The molecule has 7 nitrogen and oxygen atoms in total. The van der Waals surface area contributed by atoms with Gasteiger partial charge in [0, 0.05) is 10.6 Å². The topological polar surface area (TPSA) is 88.3 Å². The molecule has 1 aromatic heterocycles. The van der Waals surface area contributed by atoms with E-state index in [0.717, 1.165) is 16.0 Å². The first-order valence-corrected chi connectivity index (χ1v) is 9.60. The number of benzene rings is 2. The van der Waals surface area contributed by atoms with Crippen molar-refractivity contribution in [2.24, 2.45) is 0 Å². The van der Waals surface area contributed by atoms with Crippen LogP contribution in [0.4, 0.5) is 4.79 Å². The van der Waals surface area contributed by atoms with Crippen molar-refractivity contribution in [3.05, 3.63) is 70.5 Å². The lowest BCUT2D eigenvalue weighted by atomic mass is 9.87. The molecule has 29 heavy (non-hydrogen) atoms. The normalized spacial score (nSPS) is 18.9. The molecule has 148 valence electrons. The number of hydrogen-bond donors (Lipinski definition) is 1. The van der Waals surface area contributed by atoms with Gasteiger partial charge in [0.15, 0.2) is 5.82 Å². The smallest absolute Gasteiger partial charge is 0.325 e. The summed E-state index contributed by atoms with van der Waals surface area (Å²) in [6.07, 6.45) is 0.399. The van der Waals surface area contributed by atoms with Crippen molar-refractivity contribution in [3.63, 3.8) is 0 Å². The molecule has 4 rings (SSSR count). The number of carbonyl (C=O) groups excluding carboxylic acids is 2. The van der Waals surface area contributed by atoms with Crippen molar-refractivity contribution in [2.75, 3.05) is 0 Å². The van der Waals surface area contributed by atoms with E-state index in [-0.39, 0.29) is 18.3 Å². The summed E-state index contributed by atoms with van der Waals surface area (Å²) in [6, 6.07) is 14.0. The minimum absolute atomic E-state index is 0.0740. The SMILES string of the molecule is CC[C@@]1(c2ccc(Cl)cc2)NC(=O)N(Cc2noc(-c3ccc(C)cc3)n2)C1=O. The van der Waals surface area contributed by atoms with Gasteiger partial charge in [0.25, 0.3) is 11.8 Å². The lowest BCUT2D eigenvalue weighted by Crippen LogP contribution is -2.43. The molecule has 1 atom stereocenters. The Morgan fingerprint density at radius 1 is 1.10 bits per heavy atom. The molecule has 1 fully saturated rings. The van der Waals surface area contributed by atoms with Gasteiger partial charge < -0.3 is 9.84 Å². The van der Waals surface area contributed by atoms with Crippen LogP contribution in [0.3, 0.4) is 0 Å². The molecule has 0 aliphatic carbocycles. The third-order valence-electron chi connectivity index (χ3n) is 5.11. The molecule has 0 radical (unpaired) electrons. The molecule has 3 aromatic rings. The largest absolute Gasteiger partial charge is 0.334 e. The van der Waals surface area contributed by atoms with Crippen LogP contribution in [0.2, 0.25) is 5.02 Å². The second kappa shape index (κ2) is 7.33. The van der Waals surface area contributed by atoms with E-state index in [0.29, 0.717) is 22.9 Å². The number of carbonyl (C=O) groups is 2. The third kappa shape index (κ3) is 3.38. The van der Waals surface area contributed by atoms with Gasteiger partial charge >= 0.3 is 6.03 Å². The Bertz CT molecular complexity index is 1060. The zero-order valence-corrected chi connectivity index (χ0v) is 16.7. The predicted octanol–water partition coefficient (Wildman–Crippen LogP) is 4.06. The maximum atomic E-state index is 13.2. The number of amides is 3. The first kappa shape index (κ1) is 19.1. The Balaban J connectivity index is 1.58. The highest BCUT2D eigenvalue weighted by Crippen LogP contribution is 2.33. The van der Waals surface area contributed by atoms with Gasteiger partial charge in [0.1, 0.15) is 5.54 Å². The van der Waals surface area contributed by atoms with Crippen LogP contribution >= 0.6 is 11.6 Å². The summed E-state index contributed by atoms with van der Waals surface area (Å²) in [5, 5.41) is 7.31. The highest BCUT2D eigenvalue weighted by atomic mass is 35.5. The lowest BCUT2D eigenvalue weighted by Gasteiger charge is -2.25. The van der Waals surface area contributed by atoms with E-state index in [1.807, 2.05) is 38.1 Å². The van der Waals surface area contributed by atoms with E-state index in [4.69, 9.17) is 16.1 Å². The molecule has 1 N–H and O–H groups in total. The number of aromatic nitrogens is 2. The highest BCUT2D eigenvalue weighted by molar-refractivity contribution is 6.30. The molecule has 0 unspecified atom stereocenters. The van der Waals surface area contributed by atoms with Crippen LogP contribution in [-0.4, -0.2) is 27.0 Å². The Morgan fingerprint density at radius 2 is 1.79 bits per heavy atom. The molecule has 3 amide bonds. The van der Waals surface area contributed by atoms with E-state index in [1.165, 1.54) is 0 Å². The Labute approximate surface area is 172 Å². The maximum absolute atomic E-state index is 13.2. The van der Waals surface area contributed by atoms with Gasteiger partial charge in [0.05, 0.1) is 6.54 Å². The Hall–Kier alpha value is -3.19. The number of rotatable bonds is 5. The minimum atomic E-state index is -1.13. The van der Waals surface area contributed by atoms with Crippen molar-refractivity contribution in [3.8, 4) is 11.5 Å². The summed E-state index contributed by atoms with van der Waals surface area (Å²) in [5.41, 5.74) is 1.44. The Morgan fingerprint density at radius 3 is 2.45 bits per heavy atom. The first-order chi connectivity index (χ1) is 13.9. The highest BCUT2D eigenvalue weighted by Gasteiger charge is 2.51. The fraction of sp³-hybridized carbons (Fsp3) is 0.238. The number of nitrogens with zero attached hydrogens (tertiary/aromatic N) is 3. The lowest BCUT2D eigenvalue weighted by molar-refractivity contribution is -0.132. The van der Waals surface area contributed by atoms with Crippen LogP contribution in [-0.2, 0) is 16.9 Å². The average Bonchev–Trinajstić information content (AvgIpc) is 3.28. The van der Waals surface area contributed by atoms with Crippen molar-refractivity contribution in [1.29, 1.82) is 0 Å². The van der Waals surface area contributed by atoms with Crippen LogP contribution in [0.5, 0.6) is 0 Å². The maximum Gasteiger partial charge on any atom is 0.325 e. The molecule has 2 heterocycles. The molecule has 0 spiro atoms. The van der Waals surface area contributed by atoms with Gasteiger partial charge in [0.2, 0.25) is 0 Å². The van der Waals surface area contributed by atoms with E-state index in [9.17, 15) is 9.59 Å². The van der Waals surface area contributed by atoms with Crippen LogP contribution in [0.15, 0.2) is 53.1 Å². The number of hydrogen-bond acceptors (Lipinski definition) is 5. The molecule has 1 saturated heterocycles. The second-order valence-electron chi connectivity index (χ2n) is 6.97. The first-order valence-electron chi connectivity index (χ1n) is 9.23. The van der Waals surface area contributed by atoms with Crippen LogP contribution in [0, 0.1) is 6.92 Å². The zero-order chi connectivity index (χ0) is 20.6. The van der Waals surface area contributed by atoms with Crippen molar-refractivity contribution < 1.29 is 14.1 Å². The van der Waals surface area contributed by atoms with Gasteiger partial charge in [-0.2, -0.15) is 4.98 Å². The Kier molecular flexibility index (Phi) is 4.84. The average molecular weight is 411 g/mol. The fourth-order valence-electron chi connectivity index (χ4n) is 3.42. The summed E-state index contributed by atoms with van der Waals surface area (Å²) in [4.78, 5) is 31.2. The van der Waals surface area contributed by atoms with Gasteiger partial charge in [-0.05, 0) is 43.2 Å². The molecule has 8 heteroatoms. The van der Waals surface area contributed by atoms with E-state index in [1.54, 1.807) is 24.3 Å². The number of halogens is 1.